The van der Waals surface area contributed by atoms with Crippen molar-refractivity contribution in [2.24, 2.45) is 0 Å². The van der Waals surface area contributed by atoms with E-state index in [1.165, 1.54) is 6.92 Å². The monoisotopic (exact) mass is 225 g/mol. The zero-order valence-corrected chi connectivity index (χ0v) is 11.7. The Balaban J connectivity index is -0.000000376. The Bertz CT molecular complexity index is 227. The Labute approximate surface area is 101 Å². The van der Waals surface area contributed by atoms with Crippen molar-refractivity contribution >= 4 is 5.91 Å². The molecule has 0 saturated carbocycles. The van der Waals surface area contributed by atoms with Gasteiger partial charge in [0.1, 0.15) is 0 Å². The molecule has 2 nitrogen and oxygen atoms in total. The van der Waals surface area contributed by atoms with Crippen LogP contribution in [0.4, 0.5) is 0 Å². The molecule has 0 rings (SSSR count). The smallest absolute Gasteiger partial charge is 0.217 e. The fraction of sp³-hybridized carbons (Fsp3) is 0.500. The summed E-state index contributed by atoms with van der Waals surface area (Å²) in [5.74, 6) is -0.0375. The summed E-state index contributed by atoms with van der Waals surface area (Å²) in [6, 6.07) is 0. The van der Waals surface area contributed by atoms with Crippen LogP contribution in [0.1, 0.15) is 41.5 Å². The zero-order valence-electron chi connectivity index (χ0n) is 11.7. The molecule has 0 atom stereocenters. The van der Waals surface area contributed by atoms with Crippen molar-refractivity contribution in [3.8, 4) is 0 Å². The number of allylic oxidation sites excluding steroid dienone is 2. The van der Waals surface area contributed by atoms with Gasteiger partial charge in [0, 0.05) is 13.5 Å². The van der Waals surface area contributed by atoms with Crippen molar-refractivity contribution in [3.05, 3.63) is 36.5 Å². The van der Waals surface area contributed by atoms with E-state index in [-0.39, 0.29) is 5.91 Å². The first-order chi connectivity index (χ1) is 7.56. The molecular formula is C14H27NO. The van der Waals surface area contributed by atoms with Gasteiger partial charge >= 0.3 is 0 Å². The normalized spacial score (nSPS) is 8.75. The molecule has 0 aliphatic heterocycles. The maximum absolute atomic E-state index is 10.6. The van der Waals surface area contributed by atoms with E-state index in [4.69, 9.17) is 0 Å². The lowest BCUT2D eigenvalue weighted by atomic mass is 10.2. The molecule has 0 radical (unpaired) electrons. The van der Waals surface area contributed by atoms with Crippen LogP contribution in [0.2, 0.25) is 0 Å². The van der Waals surface area contributed by atoms with Gasteiger partial charge in [0.2, 0.25) is 5.91 Å². The fourth-order valence-electron chi connectivity index (χ4n) is 0.725. The molecule has 0 aromatic heterocycles. The summed E-state index contributed by atoms with van der Waals surface area (Å²) < 4.78 is 0. The van der Waals surface area contributed by atoms with Crippen LogP contribution in [-0.4, -0.2) is 12.5 Å². The van der Waals surface area contributed by atoms with Crippen LogP contribution in [0.5, 0.6) is 0 Å². The van der Waals surface area contributed by atoms with Crippen molar-refractivity contribution in [2.75, 3.05) is 6.54 Å². The summed E-state index contributed by atoms with van der Waals surface area (Å²) in [5, 5.41) is 2.68. The summed E-state index contributed by atoms with van der Waals surface area (Å²) >= 11 is 0. The van der Waals surface area contributed by atoms with Gasteiger partial charge in [-0.3, -0.25) is 4.79 Å². The molecule has 0 heterocycles. The highest BCUT2D eigenvalue weighted by Crippen LogP contribution is 1.99. The largest absolute Gasteiger partial charge is 0.352 e. The molecule has 0 unspecified atom stereocenters. The highest BCUT2D eigenvalue weighted by atomic mass is 16.1. The Morgan fingerprint density at radius 1 is 1.19 bits per heavy atom. The molecule has 1 amide bonds. The van der Waals surface area contributed by atoms with Crippen molar-refractivity contribution in [1.82, 2.24) is 5.32 Å². The van der Waals surface area contributed by atoms with Crippen LogP contribution < -0.4 is 5.32 Å². The molecule has 1 N–H and O–H groups in total. The lowest BCUT2D eigenvalue weighted by molar-refractivity contribution is -0.118. The number of amides is 1. The molecule has 94 valence electrons. The topological polar surface area (TPSA) is 29.1 Å². The third kappa shape index (κ3) is 18.5. The van der Waals surface area contributed by atoms with Gasteiger partial charge in [0.05, 0.1) is 0 Å². The standard InChI is InChI=1S/C10H15NO.2C2H6/c1-5-10(6-8(2)3)7-11-9(4)12;2*1-2/h5-6H,1-2,7H2,3-4H3,(H,11,12);2*1-2H3/b10-6+;;. The van der Waals surface area contributed by atoms with Crippen LogP contribution in [0.25, 0.3) is 0 Å². The zero-order chi connectivity index (χ0) is 13.6. The summed E-state index contributed by atoms with van der Waals surface area (Å²) in [6.07, 6.45) is 3.60. The Kier molecular flexibility index (Phi) is 20.3. The van der Waals surface area contributed by atoms with Crippen LogP contribution in [0.3, 0.4) is 0 Å². The van der Waals surface area contributed by atoms with Crippen molar-refractivity contribution in [1.29, 1.82) is 0 Å². The van der Waals surface area contributed by atoms with E-state index >= 15 is 0 Å². The molecule has 0 aliphatic rings. The number of hydrogen-bond donors (Lipinski definition) is 1. The van der Waals surface area contributed by atoms with Gasteiger partial charge in [0.15, 0.2) is 0 Å². The Morgan fingerprint density at radius 2 is 1.62 bits per heavy atom. The minimum atomic E-state index is -0.0375. The number of rotatable bonds is 4. The van der Waals surface area contributed by atoms with Gasteiger partial charge in [-0.05, 0) is 12.5 Å². The van der Waals surface area contributed by atoms with E-state index in [1.54, 1.807) is 6.08 Å². The van der Waals surface area contributed by atoms with Gasteiger partial charge in [-0.25, -0.2) is 0 Å². The van der Waals surface area contributed by atoms with Crippen molar-refractivity contribution in [2.45, 2.75) is 41.5 Å². The second-order valence-electron chi connectivity index (χ2n) is 2.68. The second kappa shape index (κ2) is 16.1. The average Bonchev–Trinajstić information content (AvgIpc) is 2.29. The molecule has 0 fully saturated rings. The van der Waals surface area contributed by atoms with E-state index in [2.05, 4.69) is 18.5 Å². The lowest BCUT2D eigenvalue weighted by Gasteiger charge is -2.02. The second-order valence-corrected chi connectivity index (χ2v) is 2.68. The van der Waals surface area contributed by atoms with E-state index < -0.39 is 0 Å². The van der Waals surface area contributed by atoms with Gasteiger partial charge in [-0.2, -0.15) is 0 Å². The van der Waals surface area contributed by atoms with Crippen LogP contribution in [-0.2, 0) is 4.79 Å². The highest BCUT2D eigenvalue weighted by molar-refractivity contribution is 5.73. The van der Waals surface area contributed by atoms with Crippen molar-refractivity contribution in [3.63, 3.8) is 0 Å². The first-order valence-corrected chi connectivity index (χ1v) is 5.79. The molecule has 0 bridgehead atoms. The predicted octanol–water partition coefficient (Wildman–Crippen LogP) is 3.86. The minimum Gasteiger partial charge on any atom is -0.352 e. The minimum absolute atomic E-state index is 0.0375. The first-order valence-electron chi connectivity index (χ1n) is 5.79. The van der Waals surface area contributed by atoms with Gasteiger partial charge in [-0.15, -0.1) is 0 Å². The number of carbonyl (C=O) groups is 1. The molecule has 0 aliphatic carbocycles. The third-order valence-electron chi connectivity index (χ3n) is 1.24. The molecule has 0 aromatic carbocycles. The maximum atomic E-state index is 10.6. The number of hydrogen-bond acceptors (Lipinski definition) is 1. The quantitative estimate of drug-likeness (QED) is 0.723. The first kappa shape index (κ1) is 20.1. The van der Waals surface area contributed by atoms with Crippen LogP contribution in [0, 0.1) is 0 Å². The molecule has 0 spiro atoms. The number of carbonyl (C=O) groups excluding carboxylic acids is 1. The van der Waals surface area contributed by atoms with Gasteiger partial charge < -0.3 is 5.32 Å². The third-order valence-corrected chi connectivity index (χ3v) is 1.24. The van der Waals surface area contributed by atoms with Gasteiger partial charge in [-0.1, -0.05) is 58.6 Å². The van der Waals surface area contributed by atoms with E-state index in [0.717, 1.165) is 11.1 Å². The fourth-order valence-corrected chi connectivity index (χ4v) is 0.725. The lowest BCUT2D eigenvalue weighted by Crippen LogP contribution is -2.21. The predicted molar refractivity (Wildman–Crippen MR) is 74.5 cm³/mol. The summed E-state index contributed by atoms with van der Waals surface area (Å²) in [6.45, 7) is 19.3. The van der Waals surface area contributed by atoms with Crippen LogP contribution in [0.15, 0.2) is 36.5 Å². The number of nitrogens with one attached hydrogen (secondary N) is 1. The average molecular weight is 225 g/mol. The molecular weight excluding hydrogens is 198 g/mol. The Morgan fingerprint density at radius 3 is 1.88 bits per heavy atom. The molecule has 0 saturated heterocycles. The van der Waals surface area contributed by atoms with E-state index in [9.17, 15) is 4.79 Å². The molecule has 16 heavy (non-hydrogen) atoms. The Hall–Kier alpha value is -1.31. The molecule has 0 aromatic rings. The van der Waals surface area contributed by atoms with E-state index in [1.807, 2.05) is 40.7 Å². The summed E-state index contributed by atoms with van der Waals surface area (Å²) in [7, 11) is 0. The van der Waals surface area contributed by atoms with Crippen molar-refractivity contribution < 1.29 is 4.79 Å². The summed E-state index contributed by atoms with van der Waals surface area (Å²) in [4.78, 5) is 10.6. The van der Waals surface area contributed by atoms with E-state index in [0.29, 0.717) is 6.54 Å². The summed E-state index contributed by atoms with van der Waals surface area (Å²) in [5.41, 5.74) is 1.92. The maximum Gasteiger partial charge on any atom is 0.217 e. The van der Waals surface area contributed by atoms with Crippen LogP contribution >= 0.6 is 0 Å². The molecule has 2 heteroatoms. The highest BCUT2D eigenvalue weighted by Gasteiger charge is 1.93. The SMILES string of the molecule is C=C/C(=C\C(=C)C)CNC(C)=O.CC.CC. The van der Waals surface area contributed by atoms with Gasteiger partial charge in [0.25, 0.3) is 0 Å².